The number of fused-ring (bicyclic) bond motifs is 1. The number of phosphoric ester groups is 4. The van der Waals surface area contributed by atoms with Gasteiger partial charge in [0.15, 0.2) is 17.7 Å². The molecule has 10 N–H and O–H groups in total. The van der Waals surface area contributed by atoms with Crippen molar-refractivity contribution in [3.63, 3.8) is 0 Å². The summed E-state index contributed by atoms with van der Waals surface area (Å²) in [6, 6.07) is 0.923. The summed E-state index contributed by atoms with van der Waals surface area (Å²) in [5.74, 6) is -0.0659. The van der Waals surface area contributed by atoms with E-state index in [0.717, 1.165) is 34.1 Å². The number of nitrogen functional groups attached to an aromatic ring is 1. The fourth-order valence-electron chi connectivity index (χ4n) is 4.90. The lowest BCUT2D eigenvalue weighted by Crippen LogP contribution is -2.35. The predicted molar refractivity (Wildman–Crippen MR) is 156 cm³/mol. The van der Waals surface area contributed by atoms with Crippen LogP contribution < -0.4 is 17.0 Å². The number of aromatic amines is 1. The molecule has 3 aromatic heterocycles. The lowest BCUT2D eigenvalue weighted by Gasteiger charge is -2.23. The molecule has 2 aliphatic rings. The number of hydrogen-bond donors (Lipinski definition) is 9. The van der Waals surface area contributed by atoms with Gasteiger partial charge < -0.3 is 49.7 Å². The van der Waals surface area contributed by atoms with E-state index in [1.54, 1.807) is 0 Å². The smallest absolute Gasteiger partial charge is 0.386 e. The third kappa shape index (κ3) is 9.43. The second-order valence-electron chi connectivity index (χ2n) is 10.3. The number of aliphatic hydroxyl groups is 1. The van der Waals surface area contributed by atoms with Crippen molar-refractivity contribution in [2.45, 2.75) is 49.4 Å². The zero-order valence-corrected chi connectivity index (χ0v) is 28.1. The number of imidazole rings is 1. The lowest BCUT2D eigenvalue weighted by atomic mass is 10.1. The van der Waals surface area contributed by atoms with Gasteiger partial charge in [-0.15, -0.1) is 0 Å². The molecule has 2 unspecified atom stereocenters. The average Bonchev–Trinajstić information content (AvgIpc) is 3.65. The highest BCUT2D eigenvalue weighted by atomic mass is 31.3. The number of nitrogens with one attached hydrogen (secondary N) is 1. The van der Waals surface area contributed by atoms with Crippen molar-refractivity contribution in [3.05, 3.63) is 45.8 Å². The quantitative estimate of drug-likeness (QED) is 0.0775. The minimum atomic E-state index is -5.71. The number of rotatable bonds is 14. The Balaban J connectivity index is 1.29. The Labute approximate surface area is 276 Å². The molecule has 5 rings (SSSR count). The van der Waals surface area contributed by atoms with E-state index in [0.29, 0.717) is 0 Å². The van der Waals surface area contributed by atoms with Crippen LogP contribution >= 0.6 is 31.3 Å². The van der Waals surface area contributed by atoms with Gasteiger partial charge in [-0.3, -0.25) is 37.0 Å². The first-order chi connectivity index (χ1) is 23.1. The van der Waals surface area contributed by atoms with E-state index in [-0.39, 0.29) is 17.0 Å². The number of aliphatic hydroxyl groups excluding tert-OH is 1. The van der Waals surface area contributed by atoms with Crippen molar-refractivity contribution >= 4 is 48.3 Å². The van der Waals surface area contributed by atoms with Crippen LogP contribution in [0.3, 0.4) is 0 Å². The van der Waals surface area contributed by atoms with Gasteiger partial charge in [-0.25, -0.2) is 38.0 Å². The topological polar surface area (TPSA) is 399 Å². The Morgan fingerprint density at radius 3 is 2.26 bits per heavy atom. The summed E-state index contributed by atoms with van der Waals surface area (Å²) in [5.41, 5.74) is 4.02. The Kier molecular flexibility index (Phi) is 11.1. The molecule has 5 heterocycles. The number of aromatic nitrogens is 6. The van der Waals surface area contributed by atoms with Crippen LogP contribution in [-0.4, -0.2) is 107 Å². The highest BCUT2D eigenvalue weighted by Crippen LogP contribution is 2.62. The SMILES string of the molecule is Nc1ncnc2c1ncn2[C@@H]1O[C@@H](COP(=O)(O)OP(=O)(O)O[C@@H]2C[C@H](n3ccc(=O)[nH]c3=O)O[C@H]2COP(=O)(O)O)[C@H](OP(=O)(O)O)[C@H]1O. The average molecular weight is 797 g/mol. The van der Waals surface area contributed by atoms with Crippen molar-refractivity contribution in [1.82, 2.24) is 29.1 Å². The molecule has 0 aromatic carbocycles. The Morgan fingerprint density at radius 1 is 0.900 bits per heavy atom. The molecule has 27 nitrogen and oxygen atoms in total. The lowest BCUT2D eigenvalue weighted by molar-refractivity contribution is -0.0513. The summed E-state index contributed by atoms with van der Waals surface area (Å²) in [6.45, 7) is -2.18. The third-order valence-corrected chi connectivity index (χ3v) is 10.5. The van der Waals surface area contributed by atoms with E-state index in [2.05, 4.69) is 28.3 Å². The summed E-state index contributed by atoms with van der Waals surface area (Å²) in [5, 5.41) is 10.9. The van der Waals surface area contributed by atoms with E-state index >= 15 is 0 Å². The first-order valence-corrected chi connectivity index (χ1v) is 19.5. The largest absolute Gasteiger partial charge is 0.481 e. The van der Waals surface area contributed by atoms with Gasteiger partial charge in [-0.05, 0) is 0 Å². The zero-order valence-electron chi connectivity index (χ0n) is 24.5. The van der Waals surface area contributed by atoms with Gasteiger partial charge >= 0.3 is 37.0 Å². The highest BCUT2D eigenvalue weighted by molar-refractivity contribution is 7.61. The maximum Gasteiger partial charge on any atom is 0.481 e. The molecule has 9 atom stereocenters. The first-order valence-electron chi connectivity index (χ1n) is 13.5. The fourth-order valence-corrected chi connectivity index (χ4v) is 8.10. The Morgan fingerprint density at radius 2 is 1.60 bits per heavy atom. The minimum absolute atomic E-state index is 0.000588. The van der Waals surface area contributed by atoms with Crippen LogP contribution in [0.5, 0.6) is 0 Å². The van der Waals surface area contributed by atoms with Crippen LogP contribution in [0.25, 0.3) is 11.2 Å². The molecule has 50 heavy (non-hydrogen) atoms. The van der Waals surface area contributed by atoms with E-state index < -0.39 is 105 Å². The minimum Gasteiger partial charge on any atom is -0.386 e. The van der Waals surface area contributed by atoms with Crippen molar-refractivity contribution in [1.29, 1.82) is 0 Å². The molecule has 2 saturated heterocycles. The molecule has 0 amide bonds. The molecule has 2 aliphatic heterocycles. The van der Waals surface area contributed by atoms with Crippen molar-refractivity contribution in [3.8, 4) is 0 Å². The fraction of sp³-hybridized carbons (Fsp3) is 0.526. The summed E-state index contributed by atoms with van der Waals surface area (Å²) in [7, 11) is -21.9. The molecule has 2 fully saturated rings. The van der Waals surface area contributed by atoms with Crippen molar-refractivity contribution in [2.24, 2.45) is 0 Å². The maximum absolute atomic E-state index is 12.8. The van der Waals surface area contributed by atoms with E-state index in [4.69, 9.17) is 34.0 Å². The molecule has 0 bridgehead atoms. The normalized spacial score (nSPS) is 28.5. The first kappa shape index (κ1) is 38.6. The maximum atomic E-state index is 12.8. The number of hydrogen-bond acceptors (Lipinski definition) is 18. The molecule has 0 radical (unpaired) electrons. The second kappa shape index (κ2) is 14.4. The number of ether oxygens (including phenoxy) is 2. The van der Waals surface area contributed by atoms with Gasteiger partial charge in [0.25, 0.3) is 5.56 Å². The molecular formula is C19H27N7O20P4. The van der Waals surface area contributed by atoms with Gasteiger partial charge in [0, 0.05) is 18.7 Å². The van der Waals surface area contributed by atoms with Crippen molar-refractivity contribution in [2.75, 3.05) is 18.9 Å². The molecule has 0 saturated carbocycles. The summed E-state index contributed by atoms with van der Waals surface area (Å²) in [4.78, 5) is 94.8. The van der Waals surface area contributed by atoms with E-state index in [9.17, 15) is 52.5 Å². The van der Waals surface area contributed by atoms with Crippen LogP contribution in [0, 0.1) is 0 Å². The van der Waals surface area contributed by atoms with Crippen LogP contribution in [0.1, 0.15) is 18.9 Å². The summed E-state index contributed by atoms with van der Waals surface area (Å²) < 4.78 is 84.3. The van der Waals surface area contributed by atoms with Crippen molar-refractivity contribution < 1.29 is 84.6 Å². The molecule has 3 aromatic rings. The van der Waals surface area contributed by atoms with E-state index in [1.807, 2.05) is 4.98 Å². The van der Waals surface area contributed by atoms with Gasteiger partial charge in [-0.2, -0.15) is 4.31 Å². The predicted octanol–water partition coefficient (Wildman–Crippen LogP) is -2.29. The Bertz CT molecular complexity index is 2030. The van der Waals surface area contributed by atoms with Crippen LogP contribution in [0.2, 0.25) is 0 Å². The molecular weight excluding hydrogens is 770 g/mol. The number of phosphoric acid groups is 4. The van der Waals surface area contributed by atoms with Gasteiger partial charge in [-0.1, -0.05) is 0 Å². The monoisotopic (exact) mass is 797 g/mol. The Hall–Kier alpha value is -2.61. The summed E-state index contributed by atoms with van der Waals surface area (Å²) in [6.07, 6.45) is -9.39. The second-order valence-corrected chi connectivity index (χ2v) is 15.8. The molecule has 31 heteroatoms. The number of nitrogens with zero attached hydrogens (tertiary/aromatic N) is 5. The molecule has 278 valence electrons. The van der Waals surface area contributed by atoms with Crippen LogP contribution in [-0.2, 0) is 50.1 Å². The summed E-state index contributed by atoms with van der Waals surface area (Å²) >= 11 is 0. The number of H-pyrrole nitrogens is 1. The zero-order chi connectivity index (χ0) is 36.8. The van der Waals surface area contributed by atoms with Crippen LogP contribution in [0.15, 0.2) is 34.5 Å². The standard InChI is InChI=1S/C19H27N7O20P4/c20-16-13-17(22-6-21-16)26(7-23-13)18-14(28)15(45-48(33,34)35)10(43-18)5-41-49(36,37)46-50(38,39)44-8-3-12(25-2-1-11(27)24-19(25)29)42-9(8)4-40-47(30,31)32/h1-2,6-10,12,14-15,18,28H,3-5H2,(H,36,37)(H,38,39)(H2,20,21,22)(H,24,27,29)(H2,30,31,32)(H2,33,34,35)/t8-,9+,10+,12-,14-,15+,18-/m1/s1. The van der Waals surface area contributed by atoms with Gasteiger partial charge in [0.2, 0.25) is 0 Å². The number of anilines is 1. The van der Waals surface area contributed by atoms with E-state index in [1.165, 1.54) is 0 Å². The molecule has 0 spiro atoms. The third-order valence-electron chi connectivity index (χ3n) is 6.86. The molecule has 0 aliphatic carbocycles. The number of nitrogens with two attached hydrogens (primary N) is 1. The highest BCUT2D eigenvalue weighted by Gasteiger charge is 2.51. The van der Waals surface area contributed by atoms with Gasteiger partial charge in [0.05, 0.1) is 19.5 Å². The van der Waals surface area contributed by atoms with Gasteiger partial charge in [0.1, 0.15) is 48.6 Å². The van der Waals surface area contributed by atoms with Crippen LogP contribution in [0.4, 0.5) is 5.82 Å².